The van der Waals surface area contributed by atoms with E-state index in [1.165, 1.54) is 167 Å². The summed E-state index contributed by atoms with van der Waals surface area (Å²) in [7, 11) is 0. The van der Waals surface area contributed by atoms with E-state index in [0.29, 0.717) is 12.8 Å². The zero-order valence-electron chi connectivity index (χ0n) is 52.1. The van der Waals surface area contributed by atoms with Gasteiger partial charge in [-0.15, -0.1) is 0 Å². The molecular weight excluding hydrogens is 1010 g/mol. The van der Waals surface area contributed by atoms with E-state index in [4.69, 9.17) is 14.2 Å². The zero-order chi connectivity index (χ0) is 58.9. The highest BCUT2D eigenvalue weighted by molar-refractivity contribution is 5.80. The molecular formula is C70H125NO10. The Balaban J connectivity index is 2.65. The van der Waals surface area contributed by atoms with Gasteiger partial charge in [0.1, 0.15) is 24.4 Å². The molecule has 470 valence electrons. The van der Waals surface area contributed by atoms with Gasteiger partial charge in [0.15, 0.2) is 12.4 Å². The lowest BCUT2D eigenvalue weighted by atomic mass is 9.99. The van der Waals surface area contributed by atoms with Crippen LogP contribution in [-0.2, 0) is 23.8 Å². The standard InChI is InChI=1S/C70H125NO10/c1-4-7-10-13-16-19-22-25-27-29-31-32-33-35-37-40-43-46-49-52-55-58-65(75)81-68-67(77)66(76)64(59-72)80-70(68)79-60-61(62(73)56-53-50-47-44-41-38-24-21-18-15-12-9-6-3)71-69(78)63(74)57-54-51-48-45-42-39-36-34-30-28-26-23-20-17-14-11-8-5-2/h8,11,17,20,26,28,34,36,42,45,53,56,61-64,66-68,70,72-74,76-77H,4-7,9-10,12-16,18-19,21-25,27,29-33,35,37-41,43-44,46-52,54-55,57-60H2,1-3H3,(H,71,78)/b11-8-,20-17-,28-26-,36-34-,45-42-,56-53+. The quantitative estimate of drug-likeness (QED) is 0.0195. The number of allylic oxidation sites excluding steroid dienone is 11. The maximum absolute atomic E-state index is 13.4. The minimum Gasteiger partial charge on any atom is -0.454 e. The molecule has 1 aliphatic rings. The number of hydrogen-bond acceptors (Lipinski definition) is 10. The fraction of sp³-hybridized carbons (Fsp3) is 0.800. The van der Waals surface area contributed by atoms with Gasteiger partial charge in [-0.2, -0.15) is 0 Å². The third-order valence-electron chi connectivity index (χ3n) is 15.6. The molecule has 0 saturated carbocycles. The number of amides is 1. The minimum atomic E-state index is -1.62. The van der Waals surface area contributed by atoms with Gasteiger partial charge >= 0.3 is 5.97 Å². The number of ether oxygens (including phenoxy) is 3. The van der Waals surface area contributed by atoms with Crippen molar-refractivity contribution in [3.63, 3.8) is 0 Å². The van der Waals surface area contributed by atoms with Gasteiger partial charge < -0.3 is 45.1 Å². The number of aliphatic hydroxyl groups is 5. The van der Waals surface area contributed by atoms with E-state index in [9.17, 15) is 35.1 Å². The molecule has 0 spiro atoms. The van der Waals surface area contributed by atoms with Crippen molar-refractivity contribution < 1.29 is 49.3 Å². The summed E-state index contributed by atoms with van der Waals surface area (Å²) in [6.07, 6.45) is 63.7. The molecule has 0 aromatic rings. The summed E-state index contributed by atoms with van der Waals surface area (Å²) >= 11 is 0. The van der Waals surface area contributed by atoms with Crippen molar-refractivity contribution in [2.45, 2.75) is 346 Å². The molecule has 11 heteroatoms. The van der Waals surface area contributed by atoms with Crippen LogP contribution < -0.4 is 5.32 Å². The van der Waals surface area contributed by atoms with Crippen molar-refractivity contribution in [3.8, 4) is 0 Å². The number of unbranched alkanes of at least 4 members (excludes halogenated alkanes) is 33. The third-order valence-corrected chi connectivity index (χ3v) is 15.6. The molecule has 1 heterocycles. The second-order valence-corrected chi connectivity index (χ2v) is 23.2. The fourth-order valence-corrected chi connectivity index (χ4v) is 10.3. The molecule has 8 unspecified atom stereocenters. The van der Waals surface area contributed by atoms with Crippen LogP contribution in [0.15, 0.2) is 72.9 Å². The fourth-order valence-electron chi connectivity index (χ4n) is 10.3. The first-order valence-electron chi connectivity index (χ1n) is 33.7. The topological polar surface area (TPSA) is 175 Å². The summed E-state index contributed by atoms with van der Waals surface area (Å²) in [4.78, 5) is 26.6. The Bertz CT molecular complexity index is 1590. The first kappa shape index (κ1) is 76.1. The second-order valence-electron chi connectivity index (χ2n) is 23.2. The molecule has 11 nitrogen and oxygen atoms in total. The van der Waals surface area contributed by atoms with Gasteiger partial charge in [-0.3, -0.25) is 9.59 Å². The summed E-state index contributed by atoms with van der Waals surface area (Å²) in [6, 6.07) is -1.04. The van der Waals surface area contributed by atoms with E-state index < -0.39 is 67.4 Å². The monoisotopic (exact) mass is 1140 g/mol. The van der Waals surface area contributed by atoms with Crippen LogP contribution in [0, 0.1) is 0 Å². The van der Waals surface area contributed by atoms with Gasteiger partial charge in [0, 0.05) is 6.42 Å². The van der Waals surface area contributed by atoms with Crippen LogP contribution in [0.1, 0.15) is 297 Å². The molecule has 0 radical (unpaired) electrons. The van der Waals surface area contributed by atoms with Gasteiger partial charge in [-0.25, -0.2) is 0 Å². The summed E-state index contributed by atoms with van der Waals surface area (Å²) in [5.74, 6) is -1.22. The maximum Gasteiger partial charge on any atom is 0.306 e. The molecule has 6 N–H and O–H groups in total. The number of esters is 1. The number of hydrogen-bond donors (Lipinski definition) is 6. The molecule has 0 aromatic heterocycles. The van der Waals surface area contributed by atoms with Gasteiger partial charge in [-0.1, -0.05) is 293 Å². The lowest BCUT2D eigenvalue weighted by molar-refractivity contribution is -0.305. The van der Waals surface area contributed by atoms with E-state index >= 15 is 0 Å². The number of carbonyl (C=O) groups excluding carboxylic acids is 2. The SMILES string of the molecule is CC/C=C\C/C=C\C/C=C\C/C=C\C/C=C\CCCCC(O)C(=O)NC(COC1OC(CO)C(O)C(O)C1OC(=O)CCCCCCCCCCCCCCCCCCCCCCC)C(O)/C=C/CCCCCCCCCCCCC. The molecule has 0 bridgehead atoms. The van der Waals surface area contributed by atoms with Gasteiger partial charge in [-0.05, 0) is 70.6 Å². The van der Waals surface area contributed by atoms with E-state index in [1.54, 1.807) is 6.08 Å². The Morgan fingerprint density at radius 3 is 1.33 bits per heavy atom. The van der Waals surface area contributed by atoms with Crippen molar-refractivity contribution in [1.82, 2.24) is 5.32 Å². The summed E-state index contributed by atoms with van der Waals surface area (Å²) in [5.41, 5.74) is 0. The van der Waals surface area contributed by atoms with Gasteiger partial charge in [0.2, 0.25) is 5.91 Å². The molecule has 1 saturated heterocycles. The van der Waals surface area contributed by atoms with Crippen molar-refractivity contribution in [3.05, 3.63) is 72.9 Å². The Hall–Kier alpha value is -2.90. The summed E-state index contributed by atoms with van der Waals surface area (Å²) in [5, 5.41) is 57.1. The number of nitrogens with one attached hydrogen (secondary N) is 1. The number of aliphatic hydroxyl groups excluding tert-OH is 5. The lowest BCUT2D eigenvalue weighted by Crippen LogP contribution is -2.61. The number of rotatable bonds is 57. The van der Waals surface area contributed by atoms with Crippen LogP contribution in [0.2, 0.25) is 0 Å². The van der Waals surface area contributed by atoms with Crippen LogP contribution in [0.4, 0.5) is 0 Å². The predicted molar refractivity (Wildman–Crippen MR) is 338 cm³/mol. The summed E-state index contributed by atoms with van der Waals surface area (Å²) in [6.45, 7) is 5.69. The van der Waals surface area contributed by atoms with E-state index in [1.807, 2.05) is 6.08 Å². The summed E-state index contributed by atoms with van der Waals surface area (Å²) < 4.78 is 17.7. The Morgan fingerprint density at radius 2 is 0.889 bits per heavy atom. The van der Waals surface area contributed by atoms with Crippen LogP contribution in [-0.4, -0.2) is 99.6 Å². The van der Waals surface area contributed by atoms with Gasteiger partial charge in [0.25, 0.3) is 0 Å². The van der Waals surface area contributed by atoms with Crippen molar-refractivity contribution in [1.29, 1.82) is 0 Å². The van der Waals surface area contributed by atoms with Gasteiger partial charge in [0.05, 0.1) is 25.4 Å². The molecule has 8 atom stereocenters. The smallest absolute Gasteiger partial charge is 0.306 e. The number of carbonyl (C=O) groups is 2. The van der Waals surface area contributed by atoms with Crippen LogP contribution in [0.5, 0.6) is 0 Å². The zero-order valence-corrected chi connectivity index (χ0v) is 52.1. The van der Waals surface area contributed by atoms with Crippen LogP contribution in [0.3, 0.4) is 0 Å². The predicted octanol–water partition coefficient (Wildman–Crippen LogP) is 16.7. The Labute approximate surface area is 496 Å². The highest BCUT2D eigenvalue weighted by atomic mass is 16.7. The average Bonchev–Trinajstić information content (AvgIpc) is 3.46. The molecule has 0 aliphatic carbocycles. The minimum absolute atomic E-state index is 0.121. The van der Waals surface area contributed by atoms with Crippen LogP contribution >= 0.6 is 0 Å². The van der Waals surface area contributed by atoms with E-state index in [2.05, 4.69) is 86.8 Å². The first-order chi connectivity index (χ1) is 39.7. The van der Waals surface area contributed by atoms with Crippen molar-refractivity contribution in [2.24, 2.45) is 0 Å². The normalized spacial score (nSPS) is 19.1. The lowest BCUT2D eigenvalue weighted by Gasteiger charge is -2.41. The second kappa shape index (κ2) is 57.5. The van der Waals surface area contributed by atoms with Crippen molar-refractivity contribution >= 4 is 11.9 Å². The highest BCUT2D eigenvalue weighted by Crippen LogP contribution is 2.26. The van der Waals surface area contributed by atoms with Crippen LogP contribution in [0.25, 0.3) is 0 Å². The molecule has 1 rings (SSSR count). The maximum atomic E-state index is 13.4. The average molecular weight is 1140 g/mol. The Morgan fingerprint density at radius 1 is 0.494 bits per heavy atom. The molecule has 81 heavy (non-hydrogen) atoms. The largest absolute Gasteiger partial charge is 0.454 e. The first-order valence-corrected chi connectivity index (χ1v) is 33.7. The highest BCUT2D eigenvalue weighted by Gasteiger charge is 2.47. The van der Waals surface area contributed by atoms with E-state index in [-0.39, 0.29) is 19.4 Å². The molecule has 1 fully saturated rings. The van der Waals surface area contributed by atoms with E-state index in [0.717, 1.165) is 83.5 Å². The van der Waals surface area contributed by atoms with Crippen molar-refractivity contribution in [2.75, 3.05) is 13.2 Å². The third kappa shape index (κ3) is 45.2. The molecule has 1 amide bonds. The molecule has 0 aromatic carbocycles. The molecule has 1 aliphatic heterocycles. The Kier molecular flexibility index (Phi) is 54.1.